The predicted octanol–water partition coefficient (Wildman–Crippen LogP) is 3.45. The Labute approximate surface area is 170 Å². The molecule has 1 amide bonds. The van der Waals surface area contributed by atoms with Crippen LogP contribution in [0.5, 0.6) is 5.75 Å². The van der Waals surface area contributed by atoms with E-state index < -0.39 is 29.6 Å². The first-order chi connectivity index (χ1) is 14.2. The van der Waals surface area contributed by atoms with Gasteiger partial charge in [0.2, 0.25) is 5.91 Å². The van der Waals surface area contributed by atoms with E-state index in [1.165, 1.54) is 48.4 Å². The number of amides is 1. The average molecular weight is 421 g/mol. The molecule has 9 heteroatoms. The predicted molar refractivity (Wildman–Crippen MR) is 98.4 cm³/mol. The summed E-state index contributed by atoms with van der Waals surface area (Å²) >= 11 is 0. The van der Waals surface area contributed by atoms with E-state index in [1.807, 2.05) is 0 Å². The molecule has 0 radical (unpaired) electrons. The van der Waals surface area contributed by atoms with Crippen LogP contribution in [0.3, 0.4) is 0 Å². The molecule has 0 N–H and O–H groups in total. The van der Waals surface area contributed by atoms with Crippen LogP contribution in [0.4, 0.5) is 13.2 Å². The van der Waals surface area contributed by atoms with E-state index in [4.69, 9.17) is 4.74 Å². The van der Waals surface area contributed by atoms with Crippen LogP contribution in [0, 0.1) is 5.92 Å². The number of esters is 2. The molecule has 2 aromatic rings. The Kier molecular flexibility index (Phi) is 6.09. The van der Waals surface area contributed by atoms with Crippen molar-refractivity contribution in [2.24, 2.45) is 5.92 Å². The Bertz CT molecular complexity index is 956. The fraction of sp³-hybridized carbons (Fsp3) is 0.286. The summed E-state index contributed by atoms with van der Waals surface area (Å²) in [5, 5.41) is 0. The number of hydrogen-bond acceptors (Lipinski definition) is 5. The van der Waals surface area contributed by atoms with Crippen molar-refractivity contribution < 1.29 is 37.0 Å². The number of halogens is 3. The molecule has 1 unspecified atom stereocenters. The number of benzene rings is 2. The zero-order valence-electron chi connectivity index (χ0n) is 15.9. The molecule has 0 spiro atoms. The van der Waals surface area contributed by atoms with Gasteiger partial charge in [-0.05, 0) is 42.0 Å². The minimum Gasteiger partial charge on any atom is -0.465 e. The van der Waals surface area contributed by atoms with Gasteiger partial charge in [0, 0.05) is 19.5 Å². The van der Waals surface area contributed by atoms with E-state index in [0.717, 1.165) is 12.1 Å². The van der Waals surface area contributed by atoms with Gasteiger partial charge in [0.15, 0.2) is 0 Å². The Balaban J connectivity index is 1.61. The second-order valence-corrected chi connectivity index (χ2v) is 6.81. The van der Waals surface area contributed by atoms with Gasteiger partial charge in [-0.3, -0.25) is 9.59 Å². The number of methoxy groups -OCH3 is 1. The summed E-state index contributed by atoms with van der Waals surface area (Å²) in [5.74, 6) is -2.02. The molecule has 0 aliphatic carbocycles. The third-order valence-corrected chi connectivity index (χ3v) is 4.67. The van der Waals surface area contributed by atoms with Crippen LogP contribution >= 0.6 is 0 Å². The van der Waals surface area contributed by atoms with E-state index in [0.29, 0.717) is 11.1 Å². The van der Waals surface area contributed by atoms with Crippen LogP contribution in [0.2, 0.25) is 0 Å². The maximum atomic E-state index is 12.9. The molecule has 0 saturated carbocycles. The van der Waals surface area contributed by atoms with Gasteiger partial charge in [-0.15, -0.1) is 0 Å². The van der Waals surface area contributed by atoms with Gasteiger partial charge in [0.05, 0.1) is 24.2 Å². The summed E-state index contributed by atoms with van der Waals surface area (Å²) in [6, 6.07) is 10.5. The monoisotopic (exact) mass is 421 g/mol. The molecule has 1 saturated heterocycles. The molecule has 1 aliphatic rings. The lowest BCUT2D eigenvalue weighted by atomic mass is 10.1. The number of likely N-dealkylation sites (tertiary alicyclic amines) is 1. The third-order valence-electron chi connectivity index (χ3n) is 4.67. The quantitative estimate of drug-likeness (QED) is 0.546. The molecular formula is C21H18F3NO5. The molecule has 158 valence electrons. The summed E-state index contributed by atoms with van der Waals surface area (Å²) in [5.41, 5.74) is -0.177. The molecule has 1 fully saturated rings. The lowest BCUT2D eigenvalue weighted by Crippen LogP contribution is -2.27. The molecule has 1 aliphatic heterocycles. The van der Waals surface area contributed by atoms with Crippen LogP contribution in [-0.2, 0) is 27.0 Å². The van der Waals surface area contributed by atoms with Crippen LogP contribution in [0.25, 0.3) is 0 Å². The maximum absolute atomic E-state index is 12.9. The highest BCUT2D eigenvalue weighted by Crippen LogP contribution is 2.30. The number of alkyl halides is 3. The second-order valence-electron chi connectivity index (χ2n) is 6.81. The molecule has 2 aromatic carbocycles. The highest BCUT2D eigenvalue weighted by atomic mass is 19.4. The van der Waals surface area contributed by atoms with Crippen LogP contribution < -0.4 is 4.74 Å². The molecule has 3 rings (SSSR count). The number of ether oxygens (including phenoxy) is 2. The molecule has 1 atom stereocenters. The van der Waals surface area contributed by atoms with Gasteiger partial charge in [0.1, 0.15) is 5.75 Å². The van der Waals surface area contributed by atoms with Crippen molar-refractivity contribution in [3.63, 3.8) is 0 Å². The molecule has 6 nitrogen and oxygen atoms in total. The number of rotatable bonds is 5. The van der Waals surface area contributed by atoms with Gasteiger partial charge in [0.25, 0.3) is 0 Å². The van der Waals surface area contributed by atoms with Crippen molar-refractivity contribution in [1.29, 1.82) is 0 Å². The normalized spacial score (nSPS) is 16.5. The van der Waals surface area contributed by atoms with Crippen LogP contribution in [0.1, 0.15) is 27.9 Å². The minimum atomic E-state index is -4.47. The molecule has 1 heterocycles. The van der Waals surface area contributed by atoms with Crippen molar-refractivity contribution in [3.05, 3.63) is 65.2 Å². The van der Waals surface area contributed by atoms with E-state index in [9.17, 15) is 27.6 Å². The SMILES string of the molecule is COC(=O)c1ccc(OC(=O)C2CC(=O)N(Cc3cccc(C(F)(F)F)c3)C2)cc1. The maximum Gasteiger partial charge on any atom is 0.416 e. The van der Waals surface area contributed by atoms with Gasteiger partial charge in [-0.1, -0.05) is 12.1 Å². The Hall–Kier alpha value is -3.36. The van der Waals surface area contributed by atoms with E-state index in [2.05, 4.69) is 4.74 Å². The van der Waals surface area contributed by atoms with Crippen molar-refractivity contribution in [3.8, 4) is 5.75 Å². The Morgan fingerprint density at radius 1 is 1.13 bits per heavy atom. The highest BCUT2D eigenvalue weighted by molar-refractivity contribution is 5.90. The van der Waals surface area contributed by atoms with Crippen molar-refractivity contribution >= 4 is 17.8 Å². The fourth-order valence-electron chi connectivity index (χ4n) is 3.13. The van der Waals surface area contributed by atoms with Gasteiger partial charge in [-0.25, -0.2) is 4.79 Å². The van der Waals surface area contributed by atoms with E-state index >= 15 is 0 Å². The summed E-state index contributed by atoms with van der Waals surface area (Å²) < 4.78 is 48.4. The standard InChI is InChI=1S/C21H18F3NO5/c1-29-19(27)14-5-7-17(8-6-14)30-20(28)15-10-18(26)25(12-15)11-13-3-2-4-16(9-13)21(22,23)24/h2-9,15H,10-12H2,1H3. The lowest BCUT2D eigenvalue weighted by Gasteiger charge is -2.17. The van der Waals surface area contributed by atoms with E-state index in [-0.39, 0.29) is 31.2 Å². The summed E-state index contributed by atoms with van der Waals surface area (Å²) in [4.78, 5) is 37.4. The largest absolute Gasteiger partial charge is 0.465 e. The number of nitrogens with zero attached hydrogens (tertiary/aromatic N) is 1. The number of carbonyl (C=O) groups excluding carboxylic acids is 3. The van der Waals surface area contributed by atoms with Gasteiger partial charge in [-0.2, -0.15) is 13.2 Å². The summed E-state index contributed by atoms with van der Waals surface area (Å²) in [6.45, 7) is 0.0223. The highest BCUT2D eigenvalue weighted by Gasteiger charge is 2.36. The molecule has 0 aromatic heterocycles. The van der Waals surface area contributed by atoms with Gasteiger partial charge >= 0.3 is 18.1 Å². The second kappa shape index (κ2) is 8.56. The Morgan fingerprint density at radius 3 is 2.47 bits per heavy atom. The average Bonchev–Trinajstić information content (AvgIpc) is 3.08. The Morgan fingerprint density at radius 2 is 1.83 bits per heavy atom. The minimum absolute atomic E-state index is 0.0274. The van der Waals surface area contributed by atoms with Crippen LogP contribution in [0.15, 0.2) is 48.5 Å². The lowest BCUT2D eigenvalue weighted by molar-refractivity contribution is -0.139. The number of carbonyl (C=O) groups is 3. The third kappa shape index (κ3) is 4.97. The van der Waals surface area contributed by atoms with E-state index in [1.54, 1.807) is 0 Å². The molecule has 30 heavy (non-hydrogen) atoms. The first-order valence-corrected chi connectivity index (χ1v) is 9.01. The van der Waals surface area contributed by atoms with Crippen molar-refractivity contribution in [1.82, 2.24) is 4.90 Å². The first kappa shape index (κ1) is 21.4. The first-order valence-electron chi connectivity index (χ1n) is 9.01. The van der Waals surface area contributed by atoms with Gasteiger partial charge < -0.3 is 14.4 Å². The summed E-state index contributed by atoms with van der Waals surface area (Å²) in [7, 11) is 1.25. The molecular weight excluding hydrogens is 403 g/mol. The fourth-order valence-corrected chi connectivity index (χ4v) is 3.13. The topological polar surface area (TPSA) is 72.9 Å². The smallest absolute Gasteiger partial charge is 0.416 e. The number of hydrogen-bond donors (Lipinski definition) is 0. The van der Waals surface area contributed by atoms with Crippen LogP contribution in [-0.4, -0.2) is 36.4 Å². The van der Waals surface area contributed by atoms with Crippen molar-refractivity contribution in [2.45, 2.75) is 19.1 Å². The zero-order valence-corrected chi connectivity index (χ0v) is 15.9. The molecule has 0 bridgehead atoms. The summed E-state index contributed by atoms with van der Waals surface area (Å²) in [6.07, 6.45) is -4.56. The van der Waals surface area contributed by atoms with Crippen molar-refractivity contribution in [2.75, 3.05) is 13.7 Å². The zero-order chi connectivity index (χ0) is 21.9.